The third-order valence-electron chi connectivity index (χ3n) is 2.89. The van der Waals surface area contributed by atoms with Crippen molar-refractivity contribution in [2.45, 2.75) is 13.0 Å². The molecule has 1 atom stereocenters. The van der Waals surface area contributed by atoms with Crippen molar-refractivity contribution >= 4 is 17.6 Å². The molecule has 0 aliphatic carbocycles. The summed E-state index contributed by atoms with van der Waals surface area (Å²) in [6, 6.07) is 7.26. The first-order valence-corrected chi connectivity index (χ1v) is 5.41. The van der Waals surface area contributed by atoms with Crippen LogP contribution in [0, 0.1) is 5.92 Å². The monoisotopic (exact) mass is 234 g/mol. The summed E-state index contributed by atoms with van der Waals surface area (Å²) in [4.78, 5) is 24.0. The summed E-state index contributed by atoms with van der Waals surface area (Å²) in [5.74, 6) is -1.60. The Morgan fingerprint density at radius 3 is 2.88 bits per heavy atom. The van der Waals surface area contributed by atoms with E-state index in [0.29, 0.717) is 12.2 Å². The van der Waals surface area contributed by atoms with E-state index < -0.39 is 11.9 Å². The number of carboxylic acids is 1. The van der Waals surface area contributed by atoms with Crippen LogP contribution in [-0.4, -0.2) is 28.4 Å². The van der Waals surface area contributed by atoms with Gasteiger partial charge in [0.25, 0.3) is 0 Å². The normalized spacial score (nSPS) is 19.6. The van der Waals surface area contributed by atoms with E-state index in [9.17, 15) is 9.59 Å². The number of benzene rings is 1. The Balaban J connectivity index is 2.05. The number of aliphatic carboxylic acids is 1. The Labute approximate surface area is 98.8 Å². The highest BCUT2D eigenvalue weighted by atomic mass is 16.4. The van der Waals surface area contributed by atoms with Crippen molar-refractivity contribution in [1.29, 1.82) is 0 Å². The molecule has 1 aromatic carbocycles. The Bertz CT molecular complexity index is 459. The second-order valence-electron chi connectivity index (χ2n) is 4.26. The number of carbonyl (C=O) groups is 2. The van der Waals surface area contributed by atoms with Crippen LogP contribution in [0.15, 0.2) is 24.3 Å². The summed E-state index contributed by atoms with van der Waals surface area (Å²) in [6.07, 6.45) is 0.0949. The summed E-state index contributed by atoms with van der Waals surface area (Å²) in [6.45, 7) is 0.705. The van der Waals surface area contributed by atoms with E-state index in [0.717, 1.165) is 5.56 Å². The smallest absolute Gasteiger partial charge is 0.308 e. The lowest BCUT2D eigenvalue weighted by Crippen LogP contribution is -2.25. The molecule has 5 heteroatoms. The first-order valence-electron chi connectivity index (χ1n) is 5.41. The number of hydrogen-bond donors (Lipinski definition) is 2. The Kier molecular flexibility index (Phi) is 2.99. The van der Waals surface area contributed by atoms with E-state index in [4.69, 9.17) is 10.8 Å². The number of nitrogens with two attached hydrogens (primary N) is 1. The molecule has 0 radical (unpaired) electrons. The van der Waals surface area contributed by atoms with E-state index in [1.165, 1.54) is 0 Å². The number of carboxylic acid groups (broad SMARTS) is 1. The van der Waals surface area contributed by atoms with Gasteiger partial charge in [0.2, 0.25) is 5.91 Å². The minimum Gasteiger partial charge on any atom is -0.481 e. The largest absolute Gasteiger partial charge is 0.481 e. The molecule has 0 spiro atoms. The lowest BCUT2D eigenvalue weighted by Gasteiger charge is -2.16. The van der Waals surface area contributed by atoms with Gasteiger partial charge in [-0.3, -0.25) is 9.59 Å². The van der Waals surface area contributed by atoms with Gasteiger partial charge >= 0.3 is 5.97 Å². The van der Waals surface area contributed by atoms with Crippen molar-refractivity contribution in [3.05, 3.63) is 29.8 Å². The van der Waals surface area contributed by atoms with E-state index in [1.54, 1.807) is 17.0 Å². The summed E-state index contributed by atoms with van der Waals surface area (Å²) >= 11 is 0. The zero-order valence-electron chi connectivity index (χ0n) is 9.30. The molecule has 1 heterocycles. The minimum atomic E-state index is -0.909. The van der Waals surface area contributed by atoms with Gasteiger partial charge in [0.15, 0.2) is 0 Å². The van der Waals surface area contributed by atoms with Gasteiger partial charge in [0.1, 0.15) is 0 Å². The highest BCUT2D eigenvalue weighted by Crippen LogP contribution is 2.20. The first-order chi connectivity index (χ1) is 8.06. The SMILES string of the molecule is Nc1cccc(CN2CC(C(=O)O)CC2=O)c1. The van der Waals surface area contributed by atoms with Crippen molar-refractivity contribution < 1.29 is 14.7 Å². The van der Waals surface area contributed by atoms with Gasteiger partial charge in [-0.1, -0.05) is 12.1 Å². The van der Waals surface area contributed by atoms with Gasteiger partial charge in [-0.15, -0.1) is 0 Å². The molecular weight excluding hydrogens is 220 g/mol. The van der Waals surface area contributed by atoms with Crippen molar-refractivity contribution in [2.24, 2.45) is 5.92 Å². The number of nitrogens with zero attached hydrogens (tertiary/aromatic N) is 1. The molecule has 1 saturated heterocycles. The molecule has 3 N–H and O–H groups in total. The molecule has 1 aliphatic rings. The fourth-order valence-electron chi connectivity index (χ4n) is 2.00. The number of amides is 1. The average Bonchev–Trinajstić information content (AvgIpc) is 2.61. The predicted octanol–water partition coefficient (Wildman–Crippen LogP) is 0.702. The number of likely N-dealkylation sites (tertiary alicyclic amines) is 1. The topological polar surface area (TPSA) is 83.6 Å². The minimum absolute atomic E-state index is 0.0949. The van der Waals surface area contributed by atoms with Gasteiger partial charge in [0.05, 0.1) is 5.92 Å². The van der Waals surface area contributed by atoms with E-state index in [-0.39, 0.29) is 18.9 Å². The molecule has 5 nitrogen and oxygen atoms in total. The van der Waals surface area contributed by atoms with Crippen LogP contribution < -0.4 is 5.73 Å². The molecule has 1 aliphatic heterocycles. The van der Waals surface area contributed by atoms with Crippen LogP contribution in [0.3, 0.4) is 0 Å². The fourth-order valence-corrected chi connectivity index (χ4v) is 2.00. The Morgan fingerprint density at radius 1 is 1.53 bits per heavy atom. The van der Waals surface area contributed by atoms with Crippen LogP contribution in [0.25, 0.3) is 0 Å². The molecule has 0 saturated carbocycles. The number of carbonyl (C=O) groups excluding carboxylic acids is 1. The zero-order valence-corrected chi connectivity index (χ0v) is 9.30. The lowest BCUT2D eigenvalue weighted by atomic mass is 10.1. The summed E-state index contributed by atoms with van der Waals surface area (Å²) in [5, 5.41) is 8.86. The summed E-state index contributed by atoms with van der Waals surface area (Å²) in [7, 11) is 0. The molecule has 0 bridgehead atoms. The molecule has 1 fully saturated rings. The van der Waals surface area contributed by atoms with E-state index in [2.05, 4.69) is 0 Å². The molecule has 1 unspecified atom stereocenters. The zero-order chi connectivity index (χ0) is 12.4. The number of rotatable bonds is 3. The number of nitrogen functional groups attached to an aromatic ring is 1. The molecule has 17 heavy (non-hydrogen) atoms. The van der Waals surface area contributed by atoms with Crippen molar-refractivity contribution in [3.63, 3.8) is 0 Å². The molecule has 0 aromatic heterocycles. The number of hydrogen-bond acceptors (Lipinski definition) is 3. The Hall–Kier alpha value is -2.04. The van der Waals surface area contributed by atoms with Crippen molar-refractivity contribution in [1.82, 2.24) is 4.90 Å². The van der Waals surface area contributed by atoms with Crippen LogP contribution >= 0.6 is 0 Å². The standard InChI is InChI=1S/C12H14N2O3/c13-10-3-1-2-8(4-10)6-14-7-9(12(16)17)5-11(14)15/h1-4,9H,5-7,13H2,(H,16,17). The fraction of sp³-hybridized carbons (Fsp3) is 0.333. The maximum Gasteiger partial charge on any atom is 0.308 e. The third kappa shape index (κ3) is 2.55. The summed E-state index contributed by atoms with van der Waals surface area (Å²) < 4.78 is 0. The second-order valence-corrected chi connectivity index (χ2v) is 4.26. The molecular formula is C12H14N2O3. The van der Waals surface area contributed by atoms with Crippen molar-refractivity contribution in [2.75, 3.05) is 12.3 Å². The quantitative estimate of drug-likeness (QED) is 0.754. The summed E-state index contributed by atoms with van der Waals surface area (Å²) in [5.41, 5.74) is 7.21. The highest BCUT2D eigenvalue weighted by molar-refractivity contribution is 5.86. The van der Waals surface area contributed by atoms with E-state index >= 15 is 0 Å². The van der Waals surface area contributed by atoms with Crippen LogP contribution in [0.5, 0.6) is 0 Å². The maximum atomic E-state index is 11.6. The van der Waals surface area contributed by atoms with Gasteiger partial charge in [-0.2, -0.15) is 0 Å². The number of anilines is 1. The maximum absolute atomic E-state index is 11.6. The van der Waals surface area contributed by atoms with Crippen LogP contribution in [0.2, 0.25) is 0 Å². The van der Waals surface area contributed by atoms with Crippen LogP contribution in [0.1, 0.15) is 12.0 Å². The molecule has 1 amide bonds. The van der Waals surface area contributed by atoms with Crippen LogP contribution in [-0.2, 0) is 16.1 Å². The second kappa shape index (κ2) is 4.45. The van der Waals surface area contributed by atoms with Gasteiger partial charge in [-0.25, -0.2) is 0 Å². The van der Waals surface area contributed by atoms with Crippen molar-refractivity contribution in [3.8, 4) is 0 Å². The van der Waals surface area contributed by atoms with Gasteiger partial charge < -0.3 is 15.7 Å². The van der Waals surface area contributed by atoms with Gasteiger partial charge in [0, 0.05) is 25.2 Å². The third-order valence-corrected chi connectivity index (χ3v) is 2.89. The molecule has 2 rings (SSSR count). The van der Waals surface area contributed by atoms with E-state index in [1.807, 2.05) is 12.1 Å². The molecule has 1 aromatic rings. The highest BCUT2D eigenvalue weighted by Gasteiger charge is 2.33. The predicted molar refractivity (Wildman–Crippen MR) is 62.0 cm³/mol. The average molecular weight is 234 g/mol. The first kappa shape index (κ1) is 11.4. The Morgan fingerprint density at radius 2 is 2.29 bits per heavy atom. The lowest BCUT2D eigenvalue weighted by molar-refractivity contribution is -0.141. The molecule has 90 valence electrons. The van der Waals surface area contributed by atoms with Crippen LogP contribution in [0.4, 0.5) is 5.69 Å². The van der Waals surface area contributed by atoms with Gasteiger partial charge in [-0.05, 0) is 17.7 Å².